The van der Waals surface area contributed by atoms with Gasteiger partial charge in [0.2, 0.25) is 10.0 Å². The van der Waals surface area contributed by atoms with Crippen LogP contribution in [0.2, 0.25) is 5.02 Å². The molecule has 2 aromatic carbocycles. The number of aliphatic hydroxyl groups excluding tert-OH is 1. The van der Waals surface area contributed by atoms with Gasteiger partial charge in [-0.1, -0.05) is 29.3 Å². The molecule has 2 N–H and O–H groups in total. The van der Waals surface area contributed by atoms with Crippen LogP contribution in [-0.2, 0) is 21.9 Å². The Morgan fingerprint density at radius 2 is 1.98 bits per heavy atom. The smallest absolute Gasteiger partial charge is 0.264 e. The maximum atomic E-state index is 13.1. The van der Waals surface area contributed by atoms with Crippen molar-refractivity contribution in [2.75, 3.05) is 30.3 Å². The number of nitrogens with one attached hydrogen (secondary N) is 1. The number of hydrogen-bond donors (Lipinski definition) is 2. The molecule has 9 heteroatoms. The van der Waals surface area contributed by atoms with E-state index in [0.717, 1.165) is 54.9 Å². The van der Waals surface area contributed by atoms with Crippen molar-refractivity contribution in [3.63, 3.8) is 0 Å². The van der Waals surface area contributed by atoms with Crippen LogP contribution in [0.3, 0.4) is 0 Å². The molecule has 6 rings (SSSR count). The Morgan fingerprint density at radius 3 is 2.77 bits per heavy atom. The Kier molecular flexibility index (Phi) is 7.38. The first-order valence-corrected chi connectivity index (χ1v) is 16.4. The lowest BCUT2D eigenvalue weighted by atomic mass is 9.68. The van der Waals surface area contributed by atoms with Gasteiger partial charge in [-0.2, -0.15) is 0 Å². The summed E-state index contributed by atoms with van der Waals surface area (Å²) in [5.41, 5.74) is 4.32. The molecule has 214 valence electrons. The third-order valence-electron chi connectivity index (χ3n) is 9.36. The van der Waals surface area contributed by atoms with Crippen molar-refractivity contribution in [3.8, 4) is 5.75 Å². The van der Waals surface area contributed by atoms with Crippen molar-refractivity contribution in [2.24, 2.45) is 11.8 Å². The summed E-state index contributed by atoms with van der Waals surface area (Å²) >= 11 is 6.37. The van der Waals surface area contributed by atoms with Crippen LogP contribution >= 0.6 is 11.6 Å². The van der Waals surface area contributed by atoms with Crippen molar-refractivity contribution < 1.29 is 23.1 Å². The maximum Gasteiger partial charge on any atom is 0.264 e. The van der Waals surface area contributed by atoms with Crippen molar-refractivity contribution in [1.82, 2.24) is 4.72 Å². The Hall–Kier alpha value is -2.55. The van der Waals surface area contributed by atoms with E-state index in [9.17, 15) is 18.3 Å². The van der Waals surface area contributed by atoms with Gasteiger partial charge in [-0.25, -0.2) is 13.1 Å². The number of hydrogen-bond acceptors (Lipinski definition) is 6. The van der Waals surface area contributed by atoms with Crippen LogP contribution in [0.15, 0.2) is 48.0 Å². The highest BCUT2D eigenvalue weighted by molar-refractivity contribution is 7.90. The molecule has 0 aromatic heterocycles. The molecule has 40 heavy (non-hydrogen) atoms. The molecule has 2 aliphatic heterocycles. The molecule has 7 nitrogen and oxygen atoms in total. The zero-order valence-electron chi connectivity index (χ0n) is 22.9. The lowest BCUT2D eigenvalue weighted by molar-refractivity contribution is 0.0452. The second-order valence-electron chi connectivity index (χ2n) is 12.1. The fourth-order valence-corrected chi connectivity index (χ4v) is 8.32. The van der Waals surface area contributed by atoms with Gasteiger partial charge in [0.25, 0.3) is 5.91 Å². The number of allylic oxidation sites excluding steroid dienone is 1. The van der Waals surface area contributed by atoms with Crippen LogP contribution < -0.4 is 14.4 Å². The Balaban J connectivity index is 1.42. The first-order valence-electron chi connectivity index (χ1n) is 14.3. The number of sulfonamides is 1. The van der Waals surface area contributed by atoms with E-state index < -0.39 is 22.0 Å². The highest BCUT2D eigenvalue weighted by atomic mass is 35.5. The maximum absolute atomic E-state index is 13.1. The zero-order valence-corrected chi connectivity index (χ0v) is 24.4. The van der Waals surface area contributed by atoms with Crippen LogP contribution in [0, 0.1) is 11.8 Å². The second-order valence-corrected chi connectivity index (χ2v) is 14.4. The number of fused-ring (bicyclic) bond motifs is 4. The molecule has 4 atom stereocenters. The van der Waals surface area contributed by atoms with E-state index in [0.29, 0.717) is 37.7 Å². The van der Waals surface area contributed by atoms with E-state index in [-0.39, 0.29) is 22.6 Å². The van der Waals surface area contributed by atoms with Crippen LogP contribution in [0.5, 0.6) is 5.75 Å². The van der Waals surface area contributed by atoms with Crippen LogP contribution in [0.25, 0.3) is 0 Å². The number of rotatable bonds is 0. The Bertz CT molecular complexity index is 1460. The van der Waals surface area contributed by atoms with Gasteiger partial charge in [0.1, 0.15) is 5.75 Å². The SMILES string of the molecule is C/C1=C/[C@H](O)[C@@H]2CC[C@H]2CN2C[C@@]3(CCCc4cc(Cl)ccc43)COc3ccc(cc32)C(=O)NS(=O)(=O)CCC1. The van der Waals surface area contributed by atoms with Crippen LogP contribution in [0.4, 0.5) is 5.69 Å². The lowest BCUT2D eigenvalue weighted by Crippen LogP contribution is -2.49. The van der Waals surface area contributed by atoms with Crippen molar-refractivity contribution in [2.45, 2.75) is 63.4 Å². The fourth-order valence-electron chi connectivity index (χ4n) is 7.10. The van der Waals surface area contributed by atoms with E-state index >= 15 is 0 Å². The van der Waals surface area contributed by atoms with Gasteiger partial charge in [-0.05, 0) is 105 Å². The van der Waals surface area contributed by atoms with Gasteiger partial charge in [0.05, 0.1) is 24.2 Å². The van der Waals surface area contributed by atoms with Gasteiger partial charge in [0.15, 0.2) is 0 Å². The standard InChI is InChI=1S/C31H37ClN2O5S/c1-20-4-3-13-40(37,38)33-30(36)22-7-11-29-27(16-22)34(17-23-6-9-25(23)28(35)14-20)18-31(19-39-29)12-2-5-21-15-24(32)8-10-26(21)31/h7-8,10-11,14-16,23,25,28,35H,2-6,9,12-13,17-19H2,1H3,(H,33,36)/b20-14-/t23-,25+,28-,31-/m0/s1. The van der Waals surface area contributed by atoms with Crippen LogP contribution in [-0.4, -0.2) is 51.0 Å². The van der Waals surface area contributed by atoms with Gasteiger partial charge >= 0.3 is 0 Å². The summed E-state index contributed by atoms with van der Waals surface area (Å²) < 4.78 is 34.1. The Morgan fingerprint density at radius 1 is 1.12 bits per heavy atom. The lowest BCUT2D eigenvalue weighted by Gasteiger charge is -2.45. The number of ether oxygens (including phenoxy) is 1. The molecule has 1 fully saturated rings. The summed E-state index contributed by atoms with van der Waals surface area (Å²) in [5.74, 6) is 0.333. The molecule has 1 amide bonds. The van der Waals surface area contributed by atoms with Gasteiger partial charge in [-0.15, -0.1) is 0 Å². The molecule has 0 unspecified atom stereocenters. The number of aliphatic hydroxyl groups is 1. The molecule has 1 saturated carbocycles. The number of halogens is 1. The van der Waals surface area contributed by atoms with Crippen molar-refractivity contribution in [1.29, 1.82) is 0 Å². The molecule has 2 bridgehead atoms. The zero-order chi connectivity index (χ0) is 28.1. The highest BCUT2D eigenvalue weighted by Crippen LogP contribution is 2.46. The molecular formula is C31H37ClN2O5S. The third kappa shape index (κ3) is 5.38. The molecule has 2 heterocycles. The van der Waals surface area contributed by atoms with E-state index in [1.165, 1.54) is 11.1 Å². The van der Waals surface area contributed by atoms with Crippen molar-refractivity contribution in [3.05, 3.63) is 69.8 Å². The predicted octanol–water partition coefficient (Wildman–Crippen LogP) is 5.00. The number of amides is 1. The topological polar surface area (TPSA) is 95.9 Å². The number of nitrogens with zero attached hydrogens (tertiary/aromatic N) is 1. The van der Waals surface area contributed by atoms with Gasteiger partial charge in [-0.3, -0.25) is 4.79 Å². The first-order chi connectivity index (χ1) is 19.1. The Labute approximate surface area is 241 Å². The number of aryl methyl sites for hydroxylation is 1. The van der Waals surface area contributed by atoms with E-state index in [1.54, 1.807) is 18.2 Å². The average Bonchev–Trinajstić information content (AvgIpc) is 3.02. The summed E-state index contributed by atoms with van der Waals surface area (Å²) in [6.45, 7) is 3.86. The minimum Gasteiger partial charge on any atom is -0.490 e. The largest absolute Gasteiger partial charge is 0.490 e. The van der Waals surface area contributed by atoms with E-state index in [1.807, 2.05) is 19.1 Å². The minimum absolute atomic E-state index is 0.138. The fraction of sp³-hybridized carbons (Fsp3) is 0.516. The molecule has 0 saturated heterocycles. The number of carbonyl (C=O) groups excluding carboxylic acids is 1. The summed E-state index contributed by atoms with van der Waals surface area (Å²) in [6.07, 6.45) is 7.22. The molecule has 0 radical (unpaired) electrons. The predicted molar refractivity (Wildman–Crippen MR) is 157 cm³/mol. The number of anilines is 1. The monoisotopic (exact) mass is 584 g/mol. The molecule has 4 aliphatic rings. The summed E-state index contributed by atoms with van der Waals surface area (Å²) in [5, 5.41) is 11.9. The van der Waals surface area contributed by atoms with Gasteiger partial charge in [0, 0.05) is 29.1 Å². The summed E-state index contributed by atoms with van der Waals surface area (Å²) in [6, 6.07) is 11.4. The van der Waals surface area contributed by atoms with E-state index in [2.05, 4.69) is 21.8 Å². The molecule has 1 spiro atoms. The van der Waals surface area contributed by atoms with Gasteiger partial charge < -0.3 is 14.7 Å². The first kappa shape index (κ1) is 27.6. The minimum atomic E-state index is -3.80. The highest BCUT2D eigenvalue weighted by Gasteiger charge is 2.44. The van der Waals surface area contributed by atoms with E-state index in [4.69, 9.17) is 16.3 Å². The molecule has 2 aliphatic carbocycles. The third-order valence-corrected chi connectivity index (χ3v) is 10.9. The molecule has 2 aromatic rings. The average molecular weight is 585 g/mol. The van der Waals surface area contributed by atoms with Crippen LogP contribution in [0.1, 0.15) is 66.9 Å². The number of benzene rings is 2. The molecular weight excluding hydrogens is 548 g/mol. The quantitative estimate of drug-likeness (QED) is 0.423. The summed E-state index contributed by atoms with van der Waals surface area (Å²) in [4.78, 5) is 15.4. The summed E-state index contributed by atoms with van der Waals surface area (Å²) in [7, 11) is -3.80. The second kappa shape index (κ2) is 10.7. The number of carbonyl (C=O) groups is 1. The van der Waals surface area contributed by atoms with Crippen molar-refractivity contribution >= 4 is 33.2 Å². The normalized spacial score (nSPS) is 31.4.